The number of aliphatic carboxylic acids is 1. The largest absolute Gasteiger partial charge is 0.478 e. The smallest absolute Gasteiger partial charge is 0.335 e. The van der Waals surface area contributed by atoms with Crippen LogP contribution in [-0.4, -0.2) is 33.7 Å². The Bertz CT molecular complexity index is 570. The van der Waals surface area contributed by atoms with Crippen LogP contribution < -0.4 is 5.32 Å². The standard InChI is InChI=1S/C15H18N2O3S/c1-10-12(14(19)20)13(11-6-3-2-4-7-11)17-15(16-10)21-9-5-8-18/h2-4,6-7,13,18H,5,8-9H2,1H3,(H,16,17)(H,19,20). The molecule has 0 spiro atoms. The highest BCUT2D eigenvalue weighted by molar-refractivity contribution is 8.13. The van der Waals surface area contributed by atoms with Crippen molar-refractivity contribution in [1.82, 2.24) is 5.32 Å². The molecule has 0 radical (unpaired) electrons. The van der Waals surface area contributed by atoms with Crippen molar-refractivity contribution in [2.24, 2.45) is 4.99 Å². The lowest BCUT2D eigenvalue weighted by molar-refractivity contribution is -0.133. The maximum atomic E-state index is 11.5. The zero-order valence-electron chi connectivity index (χ0n) is 11.7. The predicted octanol–water partition coefficient (Wildman–Crippen LogP) is 2.16. The molecule has 0 bridgehead atoms. The van der Waals surface area contributed by atoms with Crippen LogP contribution >= 0.6 is 11.8 Å². The van der Waals surface area contributed by atoms with E-state index >= 15 is 0 Å². The van der Waals surface area contributed by atoms with Gasteiger partial charge in [0, 0.05) is 18.1 Å². The zero-order chi connectivity index (χ0) is 15.2. The van der Waals surface area contributed by atoms with Crippen LogP contribution in [0.3, 0.4) is 0 Å². The first-order chi connectivity index (χ1) is 10.1. The van der Waals surface area contributed by atoms with E-state index in [0.29, 0.717) is 17.3 Å². The highest BCUT2D eigenvalue weighted by Gasteiger charge is 2.28. The molecule has 1 heterocycles. The molecule has 0 aromatic heterocycles. The van der Waals surface area contributed by atoms with Gasteiger partial charge in [0.2, 0.25) is 0 Å². The minimum Gasteiger partial charge on any atom is -0.478 e. The van der Waals surface area contributed by atoms with Gasteiger partial charge in [-0.15, -0.1) is 0 Å². The van der Waals surface area contributed by atoms with Crippen molar-refractivity contribution < 1.29 is 15.0 Å². The molecule has 0 amide bonds. The average molecular weight is 306 g/mol. The molecule has 112 valence electrons. The summed E-state index contributed by atoms with van der Waals surface area (Å²) in [4.78, 5) is 16.0. The van der Waals surface area contributed by atoms with Crippen LogP contribution in [0.2, 0.25) is 0 Å². The van der Waals surface area contributed by atoms with Crippen molar-refractivity contribution in [3.05, 3.63) is 47.2 Å². The molecule has 3 N–H and O–H groups in total. The maximum Gasteiger partial charge on any atom is 0.335 e. The third kappa shape index (κ3) is 3.86. The number of carboxylic acid groups (broad SMARTS) is 1. The number of hydrogen-bond donors (Lipinski definition) is 3. The fourth-order valence-corrected chi connectivity index (χ4v) is 2.98. The van der Waals surface area contributed by atoms with Gasteiger partial charge in [0.15, 0.2) is 5.17 Å². The van der Waals surface area contributed by atoms with Crippen LogP contribution in [0.5, 0.6) is 0 Å². The van der Waals surface area contributed by atoms with Crippen LogP contribution in [0.25, 0.3) is 0 Å². The summed E-state index contributed by atoms with van der Waals surface area (Å²) in [5, 5.41) is 22.0. The summed E-state index contributed by atoms with van der Waals surface area (Å²) in [6, 6.07) is 8.90. The quantitative estimate of drug-likeness (QED) is 0.726. The summed E-state index contributed by atoms with van der Waals surface area (Å²) in [6.45, 7) is 1.89. The minimum absolute atomic E-state index is 0.136. The number of aliphatic imine (C=N–C) groups is 1. The summed E-state index contributed by atoms with van der Waals surface area (Å²) in [5.74, 6) is -0.225. The molecular formula is C15H18N2O3S. The molecule has 2 rings (SSSR count). The number of thioether (sulfide) groups is 1. The number of benzene rings is 1. The Kier molecular flexibility index (Phi) is 5.41. The summed E-state index contributed by atoms with van der Waals surface area (Å²) in [5.41, 5.74) is 1.74. The lowest BCUT2D eigenvalue weighted by atomic mass is 9.97. The second-order valence-corrected chi connectivity index (χ2v) is 5.73. The highest BCUT2D eigenvalue weighted by Crippen LogP contribution is 2.32. The molecule has 0 saturated heterocycles. The number of carbonyl (C=O) groups is 1. The molecule has 0 saturated carbocycles. The number of allylic oxidation sites excluding steroid dienone is 1. The Balaban J connectivity index is 2.29. The summed E-state index contributed by atoms with van der Waals surface area (Å²) >= 11 is 1.49. The van der Waals surface area contributed by atoms with E-state index in [9.17, 15) is 9.90 Å². The first kappa shape index (κ1) is 15.6. The average Bonchev–Trinajstić information content (AvgIpc) is 2.47. The van der Waals surface area contributed by atoms with Gasteiger partial charge in [0.25, 0.3) is 0 Å². The van der Waals surface area contributed by atoms with Crippen molar-refractivity contribution in [3.8, 4) is 0 Å². The molecule has 0 aliphatic carbocycles. The van der Waals surface area contributed by atoms with Crippen molar-refractivity contribution in [1.29, 1.82) is 0 Å². The Hall–Kier alpha value is -1.79. The van der Waals surface area contributed by atoms with Gasteiger partial charge in [-0.1, -0.05) is 42.1 Å². The molecule has 1 aliphatic heterocycles. The van der Waals surface area contributed by atoms with E-state index in [4.69, 9.17) is 5.11 Å². The van der Waals surface area contributed by atoms with E-state index in [2.05, 4.69) is 10.3 Å². The second kappa shape index (κ2) is 7.28. The topological polar surface area (TPSA) is 81.9 Å². The van der Waals surface area contributed by atoms with E-state index in [1.54, 1.807) is 6.92 Å². The maximum absolute atomic E-state index is 11.5. The molecule has 1 unspecified atom stereocenters. The Morgan fingerprint density at radius 3 is 2.71 bits per heavy atom. The molecule has 0 fully saturated rings. The Morgan fingerprint density at radius 1 is 1.38 bits per heavy atom. The third-order valence-electron chi connectivity index (χ3n) is 3.11. The van der Waals surface area contributed by atoms with Crippen LogP contribution in [0.1, 0.15) is 24.9 Å². The summed E-state index contributed by atoms with van der Waals surface area (Å²) in [6.07, 6.45) is 0.677. The molecular weight excluding hydrogens is 288 g/mol. The predicted molar refractivity (Wildman–Crippen MR) is 84.3 cm³/mol. The summed E-state index contributed by atoms with van der Waals surface area (Å²) in [7, 11) is 0. The van der Waals surface area contributed by atoms with Gasteiger partial charge in [0.1, 0.15) is 6.04 Å². The second-order valence-electron chi connectivity index (χ2n) is 4.64. The minimum atomic E-state index is -0.961. The van der Waals surface area contributed by atoms with Gasteiger partial charge >= 0.3 is 5.97 Å². The van der Waals surface area contributed by atoms with E-state index in [-0.39, 0.29) is 12.2 Å². The number of nitrogens with zero attached hydrogens (tertiary/aromatic N) is 1. The van der Waals surface area contributed by atoms with Gasteiger partial charge in [-0.05, 0) is 18.9 Å². The van der Waals surface area contributed by atoms with Gasteiger partial charge in [-0.25, -0.2) is 9.79 Å². The number of carboxylic acids is 1. The lowest BCUT2D eigenvalue weighted by Gasteiger charge is -2.24. The van der Waals surface area contributed by atoms with Crippen LogP contribution in [0, 0.1) is 0 Å². The Morgan fingerprint density at radius 2 is 2.10 bits per heavy atom. The zero-order valence-corrected chi connectivity index (χ0v) is 12.6. The monoisotopic (exact) mass is 306 g/mol. The Labute approximate surface area is 127 Å². The lowest BCUT2D eigenvalue weighted by Crippen LogP contribution is -2.29. The molecule has 1 aromatic rings. The fourth-order valence-electron chi connectivity index (χ4n) is 2.11. The third-order valence-corrected chi connectivity index (χ3v) is 4.08. The molecule has 1 aliphatic rings. The molecule has 5 nitrogen and oxygen atoms in total. The van der Waals surface area contributed by atoms with Gasteiger partial charge in [0.05, 0.1) is 5.57 Å². The van der Waals surface area contributed by atoms with Crippen molar-refractivity contribution in [2.75, 3.05) is 12.4 Å². The van der Waals surface area contributed by atoms with E-state index in [1.807, 2.05) is 30.3 Å². The molecule has 1 aromatic carbocycles. The number of amidine groups is 1. The fraction of sp³-hybridized carbons (Fsp3) is 0.333. The number of hydrogen-bond acceptors (Lipinski definition) is 5. The number of rotatable bonds is 5. The number of aliphatic hydroxyl groups excluding tert-OH is 1. The van der Waals surface area contributed by atoms with Crippen LogP contribution in [0.4, 0.5) is 0 Å². The first-order valence-corrected chi connectivity index (χ1v) is 7.69. The van der Waals surface area contributed by atoms with E-state index in [0.717, 1.165) is 11.3 Å². The van der Waals surface area contributed by atoms with Crippen molar-refractivity contribution in [2.45, 2.75) is 19.4 Å². The van der Waals surface area contributed by atoms with Gasteiger partial charge in [-0.2, -0.15) is 0 Å². The molecule has 6 heteroatoms. The normalized spacial score (nSPS) is 18.2. The SMILES string of the molecule is CC1=C(C(=O)O)C(c2ccccc2)N=C(SCCCO)N1. The molecule has 21 heavy (non-hydrogen) atoms. The summed E-state index contributed by atoms with van der Waals surface area (Å²) < 4.78 is 0. The van der Waals surface area contributed by atoms with Gasteiger partial charge < -0.3 is 15.5 Å². The number of nitrogens with one attached hydrogen (secondary N) is 1. The van der Waals surface area contributed by atoms with E-state index < -0.39 is 12.0 Å². The first-order valence-electron chi connectivity index (χ1n) is 6.71. The van der Waals surface area contributed by atoms with E-state index in [1.165, 1.54) is 11.8 Å². The van der Waals surface area contributed by atoms with Gasteiger partial charge in [-0.3, -0.25) is 0 Å². The number of aliphatic hydroxyl groups is 1. The van der Waals surface area contributed by atoms with Crippen LogP contribution in [0.15, 0.2) is 46.6 Å². The van der Waals surface area contributed by atoms with Crippen LogP contribution in [-0.2, 0) is 4.79 Å². The molecule has 1 atom stereocenters. The highest BCUT2D eigenvalue weighted by atomic mass is 32.2. The van der Waals surface area contributed by atoms with Crippen molar-refractivity contribution >= 4 is 22.9 Å². The van der Waals surface area contributed by atoms with Crippen molar-refractivity contribution in [3.63, 3.8) is 0 Å².